The first kappa shape index (κ1) is 23.6. The molecule has 0 radical (unpaired) electrons. The molecule has 0 bridgehead atoms. The fourth-order valence-corrected chi connectivity index (χ4v) is 4.68. The van der Waals surface area contributed by atoms with Crippen LogP contribution in [0.3, 0.4) is 0 Å². The molecule has 2 N–H and O–H groups in total. The van der Waals surface area contributed by atoms with Gasteiger partial charge in [0.05, 0.1) is 12.1 Å². The third-order valence-corrected chi connectivity index (χ3v) is 6.18. The highest BCUT2D eigenvalue weighted by molar-refractivity contribution is 5.95. The van der Waals surface area contributed by atoms with Crippen LogP contribution in [-0.4, -0.2) is 36.6 Å². The second-order valence-corrected chi connectivity index (χ2v) is 8.07. The lowest BCUT2D eigenvalue weighted by Crippen LogP contribution is -2.56. The Morgan fingerprint density at radius 3 is 2.16 bits per heavy atom. The number of allylic oxidation sites excluding steroid dienone is 3. The molecule has 1 atom stereocenters. The molecule has 5 nitrogen and oxygen atoms in total. The van der Waals surface area contributed by atoms with E-state index in [4.69, 9.17) is 9.84 Å². The molecule has 0 saturated carbocycles. The van der Waals surface area contributed by atoms with Crippen LogP contribution in [0.5, 0.6) is 0 Å². The number of ether oxygens (including phenoxy) is 1. The molecule has 168 valence electrons. The Bertz CT molecular complexity index is 913. The smallest absolute Gasteiger partial charge is 0.310 e. The van der Waals surface area contributed by atoms with Gasteiger partial charge in [0.25, 0.3) is 0 Å². The summed E-state index contributed by atoms with van der Waals surface area (Å²) >= 11 is 0. The number of carboxylic acids is 1. The maximum Gasteiger partial charge on any atom is 0.310 e. The number of hydrogen-bond donors (Lipinski definition) is 2. The summed E-state index contributed by atoms with van der Waals surface area (Å²) in [5.41, 5.74) is 1.61. The quantitative estimate of drug-likeness (QED) is 0.381. The lowest BCUT2D eigenvalue weighted by molar-refractivity contribution is -0.141. The number of aliphatic carboxylic acids is 1. The molecule has 1 aliphatic rings. The largest absolute Gasteiger partial charge is 0.481 e. The number of carbonyl (C=O) groups is 2. The van der Waals surface area contributed by atoms with Crippen molar-refractivity contribution in [3.8, 4) is 0 Å². The number of rotatable bonds is 12. The second-order valence-electron chi connectivity index (χ2n) is 8.07. The van der Waals surface area contributed by atoms with Crippen molar-refractivity contribution in [3.05, 3.63) is 96.1 Å². The van der Waals surface area contributed by atoms with Gasteiger partial charge < -0.3 is 15.2 Å². The molecular formula is C27H31NO4. The van der Waals surface area contributed by atoms with E-state index in [9.17, 15) is 9.59 Å². The second kappa shape index (κ2) is 11.0. The third-order valence-electron chi connectivity index (χ3n) is 6.18. The minimum absolute atomic E-state index is 0.195. The van der Waals surface area contributed by atoms with Crippen molar-refractivity contribution in [2.24, 2.45) is 5.41 Å². The van der Waals surface area contributed by atoms with Crippen LogP contribution in [0.4, 0.5) is 0 Å². The van der Waals surface area contributed by atoms with E-state index in [1.807, 2.05) is 12.1 Å². The van der Waals surface area contributed by atoms with Crippen LogP contribution in [0.15, 0.2) is 85.0 Å². The Kier molecular flexibility index (Phi) is 8.14. The molecular weight excluding hydrogens is 402 g/mol. The zero-order valence-corrected chi connectivity index (χ0v) is 18.5. The molecule has 0 fully saturated rings. The van der Waals surface area contributed by atoms with Crippen molar-refractivity contribution in [3.63, 3.8) is 0 Å². The summed E-state index contributed by atoms with van der Waals surface area (Å²) < 4.78 is 5.51. The lowest BCUT2D eigenvalue weighted by Gasteiger charge is -2.51. The van der Waals surface area contributed by atoms with Gasteiger partial charge in [-0.3, -0.25) is 9.59 Å². The fraction of sp³-hybridized carbons (Fsp3) is 0.333. The van der Waals surface area contributed by atoms with Crippen LogP contribution in [0, 0.1) is 5.41 Å². The highest BCUT2D eigenvalue weighted by Gasteiger charge is 2.50. The molecule has 1 unspecified atom stereocenters. The van der Waals surface area contributed by atoms with Gasteiger partial charge in [-0.25, -0.2) is 0 Å². The molecule has 32 heavy (non-hydrogen) atoms. The monoisotopic (exact) mass is 433 g/mol. The van der Waals surface area contributed by atoms with E-state index in [2.05, 4.69) is 85.1 Å². The number of hydrogen-bond acceptors (Lipinski definition) is 4. The lowest BCUT2D eigenvalue weighted by atomic mass is 9.58. The first-order chi connectivity index (χ1) is 15.5. The van der Waals surface area contributed by atoms with Gasteiger partial charge in [-0.2, -0.15) is 0 Å². The van der Waals surface area contributed by atoms with Crippen molar-refractivity contribution in [1.29, 1.82) is 0 Å². The molecule has 0 spiro atoms. The molecule has 0 saturated heterocycles. The predicted molar refractivity (Wildman–Crippen MR) is 125 cm³/mol. The van der Waals surface area contributed by atoms with Crippen LogP contribution < -0.4 is 5.32 Å². The Morgan fingerprint density at radius 1 is 1.03 bits per heavy atom. The predicted octanol–water partition coefficient (Wildman–Crippen LogP) is 4.49. The standard InChI is InChI=1S/C27H31NO4/c1-2-26(16-10-5-11-17-26)27(22-12-6-3-7-13-22,23-14-8-4-9-15-23)28-18-19-32-21-24(29)20-25(30)31/h3-16,28H,2,17-21H2,1H3,(H,30,31). The molecule has 5 heteroatoms. The zero-order chi connectivity index (χ0) is 22.9. The number of ketones is 1. The van der Waals surface area contributed by atoms with Crippen LogP contribution in [0.25, 0.3) is 0 Å². The molecule has 0 aliphatic heterocycles. The molecule has 0 heterocycles. The van der Waals surface area contributed by atoms with Crippen molar-refractivity contribution in [2.45, 2.75) is 31.7 Å². The molecule has 2 aromatic carbocycles. The summed E-state index contributed by atoms with van der Waals surface area (Å²) in [5.74, 6) is -1.56. The van der Waals surface area contributed by atoms with Crippen molar-refractivity contribution in [1.82, 2.24) is 5.32 Å². The summed E-state index contributed by atoms with van der Waals surface area (Å²) in [6.45, 7) is 2.82. The number of carbonyl (C=O) groups excluding carboxylic acids is 1. The van der Waals surface area contributed by atoms with E-state index in [1.165, 1.54) is 0 Å². The van der Waals surface area contributed by atoms with E-state index in [0.29, 0.717) is 13.2 Å². The highest BCUT2D eigenvalue weighted by Crippen LogP contribution is 2.51. The van der Waals surface area contributed by atoms with Crippen molar-refractivity contribution < 1.29 is 19.4 Å². The average Bonchev–Trinajstić information content (AvgIpc) is 2.82. The highest BCUT2D eigenvalue weighted by atomic mass is 16.5. The Labute approximate surface area is 189 Å². The summed E-state index contributed by atoms with van der Waals surface area (Å²) in [6.07, 6.45) is 10.0. The minimum Gasteiger partial charge on any atom is -0.481 e. The van der Waals surface area contributed by atoms with E-state index < -0.39 is 23.7 Å². The van der Waals surface area contributed by atoms with Gasteiger partial charge in [0.1, 0.15) is 13.0 Å². The Balaban J connectivity index is 1.93. The van der Waals surface area contributed by atoms with E-state index >= 15 is 0 Å². The van der Waals surface area contributed by atoms with E-state index in [1.54, 1.807) is 0 Å². The molecule has 0 aromatic heterocycles. The van der Waals surface area contributed by atoms with Crippen LogP contribution in [0.2, 0.25) is 0 Å². The van der Waals surface area contributed by atoms with E-state index in [-0.39, 0.29) is 12.0 Å². The maximum absolute atomic E-state index is 11.7. The number of Topliss-reactive ketones (excluding diaryl/α,β-unsaturated/α-hetero) is 1. The van der Waals surface area contributed by atoms with Gasteiger partial charge in [-0.15, -0.1) is 0 Å². The maximum atomic E-state index is 11.7. The van der Waals surface area contributed by atoms with E-state index in [0.717, 1.165) is 24.0 Å². The van der Waals surface area contributed by atoms with Crippen LogP contribution in [0.1, 0.15) is 37.3 Å². The summed E-state index contributed by atoms with van der Waals surface area (Å²) in [5, 5.41) is 12.5. The average molecular weight is 434 g/mol. The topological polar surface area (TPSA) is 75.6 Å². The third kappa shape index (κ3) is 5.06. The molecule has 1 aliphatic carbocycles. The van der Waals surface area contributed by atoms with Crippen LogP contribution >= 0.6 is 0 Å². The molecule has 0 amide bonds. The number of carboxylic acid groups (broad SMARTS) is 1. The van der Waals surface area contributed by atoms with Gasteiger partial charge in [-0.05, 0) is 24.0 Å². The number of nitrogens with one attached hydrogen (secondary N) is 1. The Morgan fingerprint density at radius 2 is 1.66 bits per heavy atom. The molecule has 3 rings (SSSR count). The SMILES string of the molecule is CCC1(C(NCCOCC(=O)CC(=O)O)(c2ccccc2)c2ccccc2)C=CC=CC1. The molecule has 2 aromatic rings. The number of benzene rings is 2. The normalized spacial score (nSPS) is 17.9. The zero-order valence-electron chi connectivity index (χ0n) is 18.5. The van der Waals surface area contributed by atoms with Gasteiger partial charge in [0.2, 0.25) is 0 Å². The van der Waals surface area contributed by atoms with Gasteiger partial charge >= 0.3 is 5.97 Å². The Hall–Kier alpha value is -3.02. The first-order valence-corrected chi connectivity index (χ1v) is 11.1. The first-order valence-electron chi connectivity index (χ1n) is 11.1. The summed E-state index contributed by atoms with van der Waals surface area (Å²) in [4.78, 5) is 22.3. The van der Waals surface area contributed by atoms with Crippen molar-refractivity contribution in [2.75, 3.05) is 19.8 Å². The van der Waals surface area contributed by atoms with Crippen LogP contribution in [-0.2, 0) is 19.9 Å². The fourth-order valence-electron chi connectivity index (χ4n) is 4.68. The van der Waals surface area contributed by atoms with Gasteiger partial charge in [0.15, 0.2) is 5.78 Å². The van der Waals surface area contributed by atoms with Gasteiger partial charge in [0, 0.05) is 12.0 Å². The summed E-state index contributed by atoms with van der Waals surface area (Å²) in [6, 6.07) is 20.9. The summed E-state index contributed by atoms with van der Waals surface area (Å²) in [7, 11) is 0. The van der Waals surface area contributed by atoms with Gasteiger partial charge in [-0.1, -0.05) is 91.9 Å². The minimum atomic E-state index is -1.13. The van der Waals surface area contributed by atoms with Crippen molar-refractivity contribution >= 4 is 11.8 Å².